The summed E-state index contributed by atoms with van der Waals surface area (Å²) < 4.78 is 0. The molecule has 3 rings (SSSR count). The monoisotopic (exact) mass is 404 g/mol. The van der Waals surface area contributed by atoms with Crippen LogP contribution in [0.25, 0.3) is 0 Å². The number of carbonyl (C=O) groups is 1. The molecule has 1 unspecified atom stereocenters. The fourth-order valence-corrected chi connectivity index (χ4v) is 4.51. The van der Waals surface area contributed by atoms with Crippen LogP contribution in [0.15, 0.2) is 40.9 Å². The van der Waals surface area contributed by atoms with Gasteiger partial charge in [-0.05, 0) is 29.5 Å². The number of allylic oxidation sites excluding steroid dienone is 3. The van der Waals surface area contributed by atoms with Gasteiger partial charge in [0.15, 0.2) is 5.78 Å². The maximum Gasteiger partial charge on any atom is 0.162 e. The predicted octanol–water partition coefficient (Wildman–Crippen LogP) is 4.21. The molecule has 7 heteroatoms. The van der Waals surface area contributed by atoms with Crippen molar-refractivity contribution in [3.63, 3.8) is 0 Å². The van der Waals surface area contributed by atoms with Crippen LogP contribution in [0.1, 0.15) is 38.2 Å². The van der Waals surface area contributed by atoms with Gasteiger partial charge in [-0.25, -0.2) is 5.01 Å². The van der Waals surface area contributed by atoms with Gasteiger partial charge in [0.1, 0.15) is 5.82 Å². The molecule has 0 bridgehead atoms. The molecule has 0 saturated heterocycles. The van der Waals surface area contributed by atoms with Gasteiger partial charge >= 0.3 is 0 Å². The SMILES string of the molecule is CN(C)N1C(N)=C(C#N)C(c2ccc(Cl)cc2Cl)C2=C1CC(C)(C)CC2=O. The molecule has 0 aromatic heterocycles. The number of Topliss-reactive ketones (excluding diaryl/α,β-unsaturated/α-hetero) is 1. The number of ketones is 1. The van der Waals surface area contributed by atoms with Crippen molar-refractivity contribution in [3.05, 3.63) is 56.5 Å². The maximum absolute atomic E-state index is 13.2. The molecule has 27 heavy (non-hydrogen) atoms. The summed E-state index contributed by atoms with van der Waals surface area (Å²) in [6.07, 6.45) is 1.08. The molecule has 2 N–H and O–H groups in total. The Bertz CT molecular complexity index is 924. The lowest BCUT2D eigenvalue weighted by atomic mass is 9.69. The van der Waals surface area contributed by atoms with E-state index in [-0.39, 0.29) is 11.2 Å². The van der Waals surface area contributed by atoms with E-state index in [1.54, 1.807) is 28.2 Å². The summed E-state index contributed by atoms with van der Waals surface area (Å²) in [6, 6.07) is 7.31. The number of nitriles is 1. The summed E-state index contributed by atoms with van der Waals surface area (Å²) in [6.45, 7) is 4.12. The van der Waals surface area contributed by atoms with E-state index in [0.717, 1.165) is 5.70 Å². The Balaban J connectivity index is 2.32. The van der Waals surface area contributed by atoms with E-state index < -0.39 is 5.92 Å². The Kier molecular flexibility index (Phi) is 5.02. The first-order valence-corrected chi connectivity index (χ1v) is 9.41. The summed E-state index contributed by atoms with van der Waals surface area (Å²) >= 11 is 12.5. The Labute approximate surface area is 169 Å². The normalized spacial score (nSPS) is 22.2. The van der Waals surface area contributed by atoms with E-state index in [9.17, 15) is 10.1 Å². The number of carbonyl (C=O) groups excluding carboxylic acids is 1. The number of hydrogen-bond donors (Lipinski definition) is 1. The van der Waals surface area contributed by atoms with Crippen LogP contribution in [0.4, 0.5) is 0 Å². The quantitative estimate of drug-likeness (QED) is 0.798. The van der Waals surface area contributed by atoms with Gasteiger partial charge in [-0.1, -0.05) is 43.1 Å². The fraction of sp³-hybridized carbons (Fsp3) is 0.400. The second-order valence-electron chi connectivity index (χ2n) is 7.97. The standard InChI is InChI=1S/C20H22Cl2N4O/c1-20(2)8-15-18(16(27)9-20)17(12-6-5-11(21)7-14(12)22)13(10-23)19(24)26(15)25(3)4/h5-7,17H,8-9,24H2,1-4H3. The molecule has 1 aliphatic carbocycles. The molecule has 0 amide bonds. The Morgan fingerprint density at radius 2 is 1.96 bits per heavy atom. The first kappa shape index (κ1) is 19.8. The Morgan fingerprint density at radius 3 is 2.52 bits per heavy atom. The number of rotatable bonds is 2. The fourth-order valence-electron chi connectivity index (χ4n) is 4.00. The van der Waals surface area contributed by atoms with Gasteiger partial charge in [-0.3, -0.25) is 9.80 Å². The van der Waals surface area contributed by atoms with Crippen molar-refractivity contribution in [3.8, 4) is 6.07 Å². The highest BCUT2D eigenvalue weighted by atomic mass is 35.5. The highest BCUT2D eigenvalue weighted by Gasteiger charge is 2.45. The molecule has 1 heterocycles. The van der Waals surface area contributed by atoms with E-state index in [2.05, 4.69) is 19.9 Å². The van der Waals surface area contributed by atoms with Crippen LogP contribution in [-0.2, 0) is 4.79 Å². The average molecular weight is 405 g/mol. The average Bonchev–Trinajstić information content (AvgIpc) is 2.52. The van der Waals surface area contributed by atoms with Crippen molar-refractivity contribution in [2.45, 2.75) is 32.6 Å². The van der Waals surface area contributed by atoms with Gasteiger partial charge < -0.3 is 5.73 Å². The molecule has 0 radical (unpaired) electrons. The zero-order chi connectivity index (χ0) is 20.1. The van der Waals surface area contributed by atoms with Gasteiger partial charge in [0.25, 0.3) is 0 Å². The van der Waals surface area contributed by atoms with Gasteiger partial charge in [-0.2, -0.15) is 5.26 Å². The van der Waals surface area contributed by atoms with Gasteiger partial charge in [0.2, 0.25) is 0 Å². The highest BCUT2D eigenvalue weighted by molar-refractivity contribution is 6.35. The molecule has 0 fully saturated rings. The van der Waals surface area contributed by atoms with E-state index in [1.165, 1.54) is 0 Å². The topological polar surface area (TPSA) is 73.4 Å². The molecule has 5 nitrogen and oxygen atoms in total. The summed E-state index contributed by atoms with van der Waals surface area (Å²) in [5, 5.41) is 14.4. The molecule has 2 aliphatic rings. The van der Waals surface area contributed by atoms with E-state index in [0.29, 0.717) is 45.4 Å². The Hall–Kier alpha value is -2.00. The molecular formula is C20H22Cl2N4O. The third-order valence-electron chi connectivity index (χ3n) is 5.03. The number of nitrogens with zero attached hydrogens (tertiary/aromatic N) is 3. The molecule has 1 aliphatic heterocycles. The van der Waals surface area contributed by atoms with Crippen LogP contribution in [-0.4, -0.2) is 29.9 Å². The van der Waals surface area contributed by atoms with Crippen LogP contribution >= 0.6 is 23.2 Å². The maximum atomic E-state index is 13.2. The predicted molar refractivity (Wildman–Crippen MR) is 107 cm³/mol. The van der Waals surface area contributed by atoms with Gasteiger partial charge in [0.05, 0.1) is 17.6 Å². The molecule has 0 saturated carbocycles. The number of hydrazine groups is 1. The molecule has 142 valence electrons. The second-order valence-corrected chi connectivity index (χ2v) is 8.81. The molecule has 1 aromatic carbocycles. The third kappa shape index (κ3) is 3.34. The lowest BCUT2D eigenvalue weighted by Crippen LogP contribution is -2.47. The smallest absolute Gasteiger partial charge is 0.162 e. The van der Waals surface area contributed by atoms with Crippen molar-refractivity contribution in [1.82, 2.24) is 10.0 Å². The molecule has 1 aromatic rings. The number of hydrogen-bond acceptors (Lipinski definition) is 5. The van der Waals surface area contributed by atoms with Crippen LogP contribution in [0.3, 0.4) is 0 Å². The first-order valence-electron chi connectivity index (χ1n) is 8.65. The van der Waals surface area contributed by atoms with E-state index >= 15 is 0 Å². The van der Waals surface area contributed by atoms with Crippen LogP contribution in [0.2, 0.25) is 10.0 Å². The summed E-state index contributed by atoms with van der Waals surface area (Å²) in [5.74, 6) is -0.248. The number of halogens is 2. The summed E-state index contributed by atoms with van der Waals surface area (Å²) in [7, 11) is 3.68. The van der Waals surface area contributed by atoms with Crippen molar-refractivity contribution < 1.29 is 4.79 Å². The van der Waals surface area contributed by atoms with Crippen LogP contribution < -0.4 is 5.73 Å². The molecule has 0 spiro atoms. The lowest BCUT2D eigenvalue weighted by Gasteiger charge is -2.45. The largest absolute Gasteiger partial charge is 0.383 e. The minimum absolute atomic E-state index is 0.0179. The summed E-state index contributed by atoms with van der Waals surface area (Å²) in [5.41, 5.74) is 8.63. The first-order chi connectivity index (χ1) is 12.6. The minimum Gasteiger partial charge on any atom is -0.383 e. The van der Waals surface area contributed by atoms with E-state index in [4.69, 9.17) is 28.9 Å². The zero-order valence-electron chi connectivity index (χ0n) is 15.8. The van der Waals surface area contributed by atoms with Crippen LogP contribution in [0.5, 0.6) is 0 Å². The van der Waals surface area contributed by atoms with Crippen LogP contribution in [0, 0.1) is 16.7 Å². The molecular weight excluding hydrogens is 383 g/mol. The minimum atomic E-state index is -0.588. The zero-order valence-corrected chi connectivity index (χ0v) is 17.3. The summed E-state index contributed by atoms with van der Waals surface area (Å²) in [4.78, 5) is 13.2. The second kappa shape index (κ2) is 6.87. The molecule has 1 atom stereocenters. The third-order valence-corrected chi connectivity index (χ3v) is 5.59. The number of benzene rings is 1. The van der Waals surface area contributed by atoms with Crippen molar-refractivity contribution in [1.29, 1.82) is 5.26 Å². The lowest BCUT2D eigenvalue weighted by molar-refractivity contribution is -0.119. The van der Waals surface area contributed by atoms with Crippen molar-refractivity contribution in [2.75, 3.05) is 14.1 Å². The van der Waals surface area contributed by atoms with Gasteiger partial charge in [0, 0.05) is 41.8 Å². The van der Waals surface area contributed by atoms with E-state index in [1.807, 2.05) is 14.1 Å². The number of nitrogens with two attached hydrogens (primary N) is 1. The Morgan fingerprint density at radius 1 is 1.30 bits per heavy atom. The highest BCUT2D eigenvalue weighted by Crippen LogP contribution is 2.50. The van der Waals surface area contributed by atoms with Gasteiger partial charge in [-0.15, -0.1) is 0 Å². The van der Waals surface area contributed by atoms with Crippen molar-refractivity contribution in [2.24, 2.45) is 11.1 Å². The van der Waals surface area contributed by atoms with Crippen molar-refractivity contribution >= 4 is 29.0 Å².